The number of hydrogen-bond donors (Lipinski definition) is 1. The number of carbonyl (C=O) groups is 1. The molecule has 20 heavy (non-hydrogen) atoms. The summed E-state index contributed by atoms with van der Waals surface area (Å²) in [4.78, 5) is 11.8. The number of unbranched alkanes of at least 4 members (excludes halogenated alkanes) is 1. The van der Waals surface area contributed by atoms with Crippen LogP contribution in [0.2, 0.25) is 0 Å². The topological polar surface area (TPSA) is 46.5 Å². The largest absolute Gasteiger partial charge is 0.512 e. The fraction of sp³-hybridized carbons (Fsp3) is 0.471. The van der Waals surface area contributed by atoms with E-state index in [0.717, 1.165) is 24.8 Å². The third-order valence-electron chi connectivity index (χ3n) is 3.67. The van der Waals surface area contributed by atoms with Gasteiger partial charge in [0.2, 0.25) is 0 Å². The third kappa shape index (κ3) is 3.21. The SMILES string of the molecule is CCCCC(C)(C)C/C(O)=C\C1=C2C=CC=C2OC1=O. The van der Waals surface area contributed by atoms with Crippen LogP contribution in [0.3, 0.4) is 0 Å². The summed E-state index contributed by atoms with van der Waals surface area (Å²) in [5, 5.41) is 10.2. The number of aliphatic hydroxyl groups excluding tert-OH is 1. The number of aliphatic hydroxyl groups is 1. The molecular formula is C17H22O3. The minimum atomic E-state index is -0.381. The minimum Gasteiger partial charge on any atom is -0.512 e. The maximum atomic E-state index is 11.8. The number of esters is 1. The van der Waals surface area contributed by atoms with Crippen molar-refractivity contribution < 1.29 is 14.6 Å². The summed E-state index contributed by atoms with van der Waals surface area (Å²) in [5.74, 6) is 0.444. The molecule has 108 valence electrons. The Labute approximate surface area is 120 Å². The van der Waals surface area contributed by atoms with Crippen molar-refractivity contribution in [2.75, 3.05) is 0 Å². The van der Waals surface area contributed by atoms with Crippen LogP contribution >= 0.6 is 0 Å². The molecule has 0 saturated carbocycles. The molecule has 3 heteroatoms. The van der Waals surface area contributed by atoms with Gasteiger partial charge in [-0.15, -0.1) is 0 Å². The van der Waals surface area contributed by atoms with Gasteiger partial charge in [0.1, 0.15) is 5.76 Å². The van der Waals surface area contributed by atoms with E-state index in [9.17, 15) is 9.90 Å². The second-order valence-corrected chi connectivity index (χ2v) is 6.19. The van der Waals surface area contributed by atoms with Crippen molar-refractivity contribution >= 4 is 5.97 Å². The average Bonchev–Trinajstić information content (AvgIpc) is 2.90. The fourth-order valence-corrected chi connectivity index (χ4v) is 2.57. The van der Waals surface area contributed by atoms with Crippen LogP contribution in [-0.4, -0.2) is 11.1 Å². The van der Waals surface area contributed by atoms with E-state index in [-0.39, 0.29) is 17.1 Å². The van der Waals surface area contributed by atoms with Gasteiger partial charge in [-0.2, -0.15) is 0 Å². The normalized spacial score (nSPS) is 18.4. The van der Waals surface area contributed by atoms with Gasteiger partial charge in [-0.3, -0.25) is 0 Å². The van der Waals surface area contributed by atoms with Gasteiger partial charge in [-0.05, 0) is 24.0 Å². The van der Waals surface area contributed by atoms with Crippen molar-refractivity contribution in [3.8, 4) is 0 Å². The Balaban J connectivity index is 2.11. The molecule has 0 atom stereocenters. The van der Waals surface area contributed by atoms with Gasteiger partial charge in [0, 0.05) is 12.0 Å². The van der Waals surface area contributed by atoms with Crippen molar-refractivity contribution in [3.63, 3.8) is 0 Å². The quantitative estimate of drug-likeness (QED) is 0.579. The summed E-state index contributed by atoms with van der Waals surface area (Å²) in [5.41, 5.74) is 1.26. The summed E-state index contributed by atoms with van der Waals surface area (Å²) in [6.07, 6.45) is 10.9. The zero-order valence-corrected chi connectivity index (χ0v) is 12.4. The Hall–Kier alpha value is -1.77. The Morgan fingerprint density at radius 3 is 2.90 bits per heavy atom. The molecule has 0 aromatic heterocycles. The van der Waals surface area contributed by atoms with Crippen LogP contribution in [0.1, 0.15) is 46.5 Å². The number of carbonyl (C=O) groups excluding carboxylic acids is 1. The fourth-order valence-electron chi connectivity index (χ4n) is 2.57. The molecule has 0 fully saturated rings. The van der Waals surface area contributed by atoms with Gasteiger partial charge in [-0.1, -0.05) is 45.8 Å². The molecule has 0 unspecified atom stereocenters. The maximum Gasteiger partial charge on any atom is 0.344 e. The second kappa shape index (κ2) is 5.70. The zero-order chi connectivity index (χ0) is 14.8. The van der Waals surface area contributed by atoms with Gasteiger partial charge in [0.25, 0.3) is 0 Å². The van der Waals surface area contributed by atoms with E-state index >= 15 is 0 Å². The maximum absolute atomic E-state index is 11.8. The molecule has 0 bridgehead atoms. The first-order valence-corrected chi connectivity index (χ1v) is 7.18. The van der Waals surface area contributed by atoms with Crippen molar-refractivity contribution in [1.29, 1.82) is 0 Å². The van der Waals surface area contributed by atoms with E-state index in [1.54, 1.807) is 12.2 Å². The first-order valence-electron chi connectivity index (χ1n) is 7.18. The predicted molar refractivity (Wildman–Crippen MR) is 79.0 cm³/mol. The highest BCUT2D eigenvalue weighted by molar-refractivity contribution is 5.98. The van der Waals surface area contributed by atoms with Crippen LogP contribution in [0.5, 0.6) is 0 Å². The van der Waals surface area contributed by atoms with Gasteiger partial charge in [0.15, 0.2) is 0 Å². The van der Waals surface area contributed by atoms with E-state index in [4.69, 9.17) is 4.74 Å². The molecular weight excluding hydrogens is 252 g/mol. The van der Waals surface area contributed by atoms with Crippen molar-refractivity contribution in [1.82, 2.24) is 0 Å². The summed E-state index contributed by atoms with van der Waals surface area (Å²) >= 11 is 0. The van der Waals surface area contributed by atoms with Crippen LogP contribution in [-0.2, 0) is 9.53 Å². The molecule has 0 radical (unpaired) electrons. The number of fused-ring (bicyclic) bond motifs is 1. The van der Waals surface area contributed by atoms with Gasteiger partial charge in [-0.25, -0.2) is 4.79 Å². The molecule has 0 amide bonds. The monoisotopic (exact) mass is 274 g/mol. The summed E-state index contributed by atoms with van der Waals surface area (Å²) in [6, 6.07) is 0. The third-order valence-corrected chi connectivity index (χ3v) is 3.67. The van der Waals surface area contributed by atoms with Crippen LogP contribution in [0.25, 0.3) is 0 Å². The first kappa shape index (κ1) is 14.6. The Morgan fingerprint density at radius 1 is 1.45 bits per heavy atom. The smallest absolute Gasteiger partial charge is 0.344 e. The molecule has 1 aliphatic heterocycles. The van der Waals surface area contributed by atoms with Crippen LogP contribution in [0, 0.1) is 5.41 Å². The number of allylic oxidation sites excluding steroid dienone is 4. The standard InChI is InChI=1S/C17H22O3/c1-4-5-9-17(2,3)11-12(18)10-14-13-7-6-8-15(13)20-16(14)19/h6-8,10,18H,4-5,9,11H2,1-3H3/b12-10+. The summed E-state index contributed by atoms with van der Waals surface area (Å²) in [6.45, 7) is 6.43. The number of hydrogen-bond acceptors (Lipinski definition) is 3. The molecule has 1 aliphatic carbocycles. The van der Waals surface area contributed by atoms with E-state index in [0.29, 0.717) is 17.8 Å². The molecule has 0 aromatic rings. The Kier molecular flexibility index (Phi) is 4.17. The molecule has 1 heterocycles. The number of ether oxygens (including phenoxy) is 1. The molecule has 0 aromatic carbocycles. The number of rotatable bonds is 6. The molecule has 0 spiro atoms. The van der Waals surface area contributed by atoms with E-state index in [1.165, 1.54) is 0 Å². The van der Waals surface area contributed by atoms with Crippen LogP contribution < -0.4 is 0 Å². The average molecular weight is 274 g/mol. The zero-order valence-electron chi connectivity index (χ0n) is 12.4. The highest BCUT2D eigenvalue weighted by atomic mass is 16.5. The lowest BCUT2D eigenvalue weighted by molar-refractivity contribution is -0.132. The van der Waals surface area contributed by atoms with E-state index < -0.39 is 0 Å². The molecule has 1 N–H and O–H groups in total. The lowest BCUT2D eigenvalue weighted by Gasteiger charge is -2.23. The second-order valence-electron chi connectivity index (χ2n) is 6.19. The van der Waals surface area contributed by atoms with Crippen LogP contribution in [0.4, 0.5) is 0 Å². The molecule has 0 saturated heterocycles. The van der Waals surface area contributed by atoms with Crippen LogP contribution in [0.15, 0.2) is 47.0 Å². The lowest BCUT2D eigenvalue weighted by atomic mass is 9.83. The predicted octanol–water partition coefficient (Wildman–Crippen LogP) is 4.34. The highest BCUT2D eigenvalue weighted by Crippen LogP contribution is 2.34. The van der Waals surface area contributed by atoms with Gasteiger partial charge >= 0.3 is 5.97 Å². The van der Waals surface area contributed by atoms with Crippen molar-refractivity contribution in [3.05, 3.63) is 47.0 Å². The Morgan fingerprint density at radius 2 is 2.20 bits per heavy atom. The molecule has 3 nitrogen and oxygen atoms in total. The van der Waals surface area contributed by atoms with Gasteiger partial charge in [0.05, 0.1) is 11.3 Å². The highest BCUT2D eigenvalue weighted by Gasteiger charge is 2.29. The first-order chi connectivity index (χ1) is 9.43. The summed E-state index contributed by atoms with van der Waals surface area (Å²) in [7, 11) is 0. The van der Waals surface area contributed by atoms with Gasteiger partial charge < -0.3 is 9.84 Å². The lowest BCUT2D eigenvalue weighted by Crippen LogP contribution is -2.12. The summed E-state index contributed by atoms with van der Waals surface area (Å²) < 4.78 is 5.12. The van der Waals surface area contributed by atoms with Crippen molar-refractivity contribution in [2.24, 2.45) is 5.41 Å². The minimum absolute atomic E-state index is 0.0362. The van der Waals surface area contributed by atoms with E-state index in [2.05, 4.69) is 20.8 Å². The van der Waals surface area contributed by atoms with Crippen molar-refractivity contribution in [2.45, 2.75) is 46.5 Å². The van der Waals surface area contributed by atoms with E-state index in [1.807, 2.05) is 12.2 Å². The molecule has 2 rings (SSSR count). The Bertz CT molecular complexity index is 530. The molecule has 2 aliphatic rings.